The molecule has 144 valence electrons. The van der Waals surface area contributed by atoms with Crippen molar-refractivity contribution < 1.29 is 18.0 Å². The first-order valence-electron chi connectivity index (χ1n) is 8.36. The number of carbonyl (C=O) groups excluding carboxylic acids is 2. The molecule has 0 fully saturated rings. The maximum atomic E-state index is 12.9. The van der Waals surface area contributed by atoms with Gasteiger partial charge in [0.15, 0.2) is 15.6 Å². The lowest BCUT2D eigenvalue weighted by molar-refractivity contribution is 0.0852. The van der Waals surface area contributed by atoms with Crippen LogP contribution in [0.4, 0.5) is 0 Å². The van der Waals surface area contributed by atoms with Crippen LogP contribution in [-0.2, 0) is 16.4 Å². The topological polar surface area (TPSA) is 106 Å². The van der Waals surface area contributed by atoms with Crippen LogP contribution in [-0.4, -0.2) is 35.5 Å². The summed E-state index contributed by atoms with van der Waals surface area (Å²) in [6.07, 6.45) is 1.28. The van der Waals surface area contributed by atoms with Crippen molar-refractivity contribution in [2.45, 2.75) is 39.1 Å². The van der Waals surface area contributed by atoms with E-state index in [2.05, 4.69) is 5.10 Å². The molecule has 0 saturated heterocycles. The lowest BCUT2D eigenvalue weighted by Crippen LogP contribution is -2.39. The highest BCUT2D eigenvalue weighted by Gasteiger charge is 2.45. The van der Waals surface area contributed by atoms with Crippen LogP contribution in [0.2, 0.25) is 5.02 Å². The minimum Gasteiger partial charge on any atom is -0.302 e. The quantitative estimate of drug-likeness (QED) is 0.782. The van der Waals surface area contributed by atoms with Crippen molar-refractivity contribution in [3.63, 3.8) is 0 Å². The fourth-order valence-electron chi connectivity index (χ4n) is 3.45. The van der Waals surface area contributed by atoms with E-state index in [1.807, 2.05) is 0 Å². The number of Topliss-reactive ketones (excluding diaryl/α,β-unsaturated/α-hetero) is 1. The number of rotatable bonds is 3. The molecular weight excluding hydrogens is 392 g/mol. The minimum absolute atomic E-state index is 0.0616. The third kappa shape index (κ3) is 2.87. The molecule has 0 bridgehead atoms. The maximum Gasteiger partial charge on any atom is 0.277 e. The minimum atomic E-state index is -3.74. The molecule has 0 atom stereocenters. The molecule has 2 aromatic rings. The monoisotopic (exact) mass is 410 g/mol. The summed E-state index contributed by atoms with van der Waals surface area (Å²) < 4.78 is 26.7. The molecule has 1 aromatic heterocycles. The lowest BCUT2D eigenvalue weighted by Gasteiger charge is -2.31. The fourth-order valence-corrected chi connectivity index (χ4v) is 6.11. The Kier molecular flexibility index (Phi) is 4.47. The predicted molar refractivity (Wildman–Crippen MR) is 101 cm³/mol. The highest BCUT2D eigenvalue weighted by molar-refractivity contribution is 7.91. The van der Waals surface area contributed by atoms with E-state index < -0.39 is 32.4 Å². The average molecular weight is 411 g/mol. The molecule has 0 amide bonds. The van der Waals surface area contributed by atoms with Crippen molar-refractivity contribution in [3.05, 3.63) is 49.9 Å². The smallest absolute Gasteiger partial charge is 0.277 e. The Labute approximate surface area is 161 Å². The van der Waals surface area contributed by atoms with Gasteiger partial charge in [0.1, 0.15) is 5.56 Å². The van der Waals surface area contributed by atoms with Crippen molar-refractivity contribution >= 4 is 33.0 Å². The van der Waals surface area contributed by atoms with Crippen molar-refractivity contribution in [1.82, 2.24) is 9.78 Å². The second-order valence-electron chi connectivity index (χ2n) is 7.30. The van der Waals surface area contributed by atoms with Crippen LogP contribution in [0.3, 0.4) is 0 Å². The highest BCUT2D eigenvalue weighted by atomic mass is 35.5. The standard InChI is InChI=1S/C18H19ClN2O5S/c1-5-21-17(24)11(7-20-21)14(22)10-6-9(2)15-12(13(10)19)16(23)18(3,4)8-27(15,25)26/h6-7,20H,5,8H2,1-4H3. The summed E-state index contributed by atoms with van der Waals surface area (Å²) in [6.45, 7) is 6.67. The molecule has 27 heavy (non-hydrogen) atoms. The van der Waals surface area contributed by atoms with Gasteiger partial charge in [0.2, 0.25) is 5.78 Å². The third-order valence-electron chi connectivity index (χ3n) is 4.75. The Morgan fingerprint density at radius 3 is 2.48 bits per heavy atom. The second-order valence-corrected chi connectivity index (χ2v) is 9.60. The zero-order chi connectivity index (χ0) is 20.3. The predicted octanol–water partition coefficient (Wildman–Crippen LogP) is 2.39. The molecule has 0 spiro atoms. The number of aromatic amines is 1. The van der Waals surface area contributed by atoms with E-state index in [-0.39, 0.29) is 37.9 Å². The third-order valence-corrected chi connectivity index (χ3v) is 7.39. The number of aryl methyl sites for hydroxylation is 2. The van der Waals surface area contributed by atoms with E-state index in [1.165, 1.54) is 37.7 Å². The number of halogens is 1. The Bertz CT molecular complexity index is 1160. The summed E-state index contributed by atoms with van der Waals surface area (Å²) >= 11 is 6.36. The molecule has 0 radical (unpaired) electrons. The van der Waals surface area contributed by atoms with Crippen molar-refractivity contribution in [3.8, 4) is 0 Å². The summed E-state index contributed by atoms with van der Waals surface area (Å²) in [7, 11) is -3.74. The first kappa shape index (κ1) is 19.6. The van der Waals surface area contributed by atoms with Gasteiger partial charge in [-0.1, -0.05) is 25.4 Å². The van der Waals surface area contributed by atoms with Crippen LogP contribution in [0.25, 0.3) is 0 Å². The number of carbonyl (C=O) groups is 2. The summed E-state index contributed by atoms with van der Waals surface area (Å²) in [6, 6.07) is 1.33. The average Bonchev–Trinajstić information content (AvgIpc) is 2.93. The van der Waals surface area contributed by atoms with Crippen LogP contribution >= 0.6 is 11.6 Å². The van der Waals surface area contributed by atoms with Gasteiger partial charge >= 0.3 is 0 Å². The molecule has 7 nitrogen and oxygen atoms in total. The first-order chi connectivity index (χ1) is 12.4. The van der Waals surface area contributed by atoms with Crippen LogP contribution in [0.5, 0.6) is 0 Å². The molecule has 9 heteroatoms. The largest absolute Gasteiger partial charge is 0.302 e. The van der Waals surface area contributed by atoms with Gasteiger partial charge in [-0.25, -0.2) is 8.42 Å². The number of ketones is 2. The summed E-state index contributed by atoms with van der Waals surface area (Å²) in [5.41, 5.74) is -1.76. The molecule has 1 aliphatic rings. The van der Waals surface area contributed by atoms with Crippen molar-refractivity contribution in [2.24, 2.45) is 5.41 Å². The van der Waals surface area contributed by atoms with Gasteiger partial charge in [-0.15, -0.1) is 0 Å². The number of hydrogen-bond acceptors (Lipinski definition) is 5. The Balaban J connectivity index is 2.30. The first-order valence-corrected chi connectivity index (χ1v) is 10.4. The molecule has 3 rings (SSSR count). The Morgan fingerprint density at radius 1 is 1.30 bits per heavy atom. The number of aromatic nitrogens is 2. The maximum absolute atomic E-state index is 12.9. The van der Waals surface area contributed by atoms with Gasteiger partial charge < -0.3 is 5.10 Å². The van der Waals surface area contributed by atoms with E-state index in [1.54, 1.807) is 6.92 Å². The van der Waals surface area contributed by atoms with Crippen LogP contribution in [0.15, 0.2) is 22.0 Å². The second kappa shape index (κ2) is 6.17. The molecule has 0 saturated carbocycles. The van der Waals surface area contributed by atoms with E-state index in [9.17, 15) is 22.8 Å². The Morgan fingerprint density at radius 2 is 1.93 bits per heavy atom. The van der Waals surface area contributed by atoms with Gasteiger partial charge in [0.25, 0.3) is 5.56 Å². The molecule has 1 aliphatic heterocycles. The summed E-state index contributed by atoms with van der Waals surface area (Å²) in [5, 5.41) is 2.45. The number of nitrogens with zero attached hydrogens (tertiary/aromatic N) is 1. The van der Waals surface area contributed by atoms with Crippen LogP contribution in [0.1, 0.15) is 52.6 Å². The highest BCUT2D eigenvalue weighted by Crippen LogP contribution is 2.42. The molecule has 0 unspecified atom stereocenters. The summed E-state index contributed by atoms with van der Waals surface area (Å²) in [5.74, 6) is -1.42. The van der Waals surface area contributed by atoms with Gasteiger partial charge in [-0.05, 0) is 25.5 Å². The van der Waals surface area contributed by atoms with Crippen molar-refractivity contribution in [2.75, 3.05) is 5.75 Å². The van der Waals surface area contributed by atoms with E-state index in [4.69, 9.17) is 11.6 Å². The van der Waals surface area contributed by atoms with Crippen LogP contribution in [0, 0.1) is 12.3 Å². The summed E-state index contributed by atoms with van der Waals surface area (Å²) in [4.78, 5) is 37.9. The van der Waals surface area contributed by atoms with E-state index in [0.717, 1.165) is 0 Å². The van der Waals surface area contributed by atoms with Gasteiger partial charge in [-0.2, -0.15) is 0 Å². The lowest BCUT2D eigenvalue weighted by atomic mass is 9.84. The number of nitrogens with one attached hydrogen (secondary N) is 1. The zero-order valence-corrected chi connectivity index (χ0v) is 16.9. The normalized spacial score (nSPS) is 17.6. The number of hydrogen-bond donors (Lipinski definition) is 1. The number of benzene rings is 1. The Hall–Kier alpha value is -2.19. The van der Waals surface area contributed by atoms with Gasteiger partial charge in [-0.3, -0.25) is 19.1 Å². The zero-order valence-electron chi connectivity index (χ0n) is 15.3. The van der Waals surface area contributed by atoms with Crippen LogP contribution < -0.4 is 5.56 Å². The molecule has 1 N–H and O–H groups in total. The van der Waals surface area contributed by atoms with Gasteiger partial charge in [0, 0.05) is 23.7 Å². The van der Waals surface area contributed by atoms with Crippen molar-refractivity contribution in [1.29, 1.82) is 0 Å². The molecule has 1 aromatic carbocycles. The number of H-pyrrole nitrogens is 1. The number of sulfone groups is 1. The van der Waals surface area contributed by atoms with Gasteiger partial charge in [0.05, 0.1) is 21.2 Å². The van der Waals surface area contributed by atoms with E-state index in [0.29, 0.717) is 6.54 Å². The molecule has 2 heterocycles. The van der Waals surface area contributed by atoms with E-state index >= 15 is 0 Å². The SMILES string of the molecule is CCn1[nH]cc(C(=O)c2cc(C)c3c(c2Cl)C(=O)C(C)(C)CS3(=O)=O)c1=O. The fraction of sp³-hybridized carbons (Fsp3) is 0.389. The molecular formula is C18H19ClN2O5S. The molecule has 0 aliphatic carbocycles. The number of fused-ring (bicyclic) bond motifs is 1.